The second-order valence-corrected chi connectivity index (χ2v) is 17.7. The smallest absolute Gasteiger partial charge is 0.472 e. The minimum atomic E-state index is -4.36. The zero-order chi connectivity index (χ0) is 42.3. The summed E-state index contributed by atoms with van der Waals surface area (Å²) in [6, 6.07) is 0. The number of rotatable bonds is 40. The average molecular weight is 827 g/mol. The van der Waals surface area contributed by atoms with Crippen LogP contribution in [-0.4, -0.2) is 91.4 Å². The maximum absolute atomic E-state index is 12.7. The lowest BCUT2D eigenvalue weighted by molar-refractivity contribution is -0.870. The van der Waals surface area contributed by atoms with E-state index >= 15 is 0 Å². The van der Waals surface area contributed by atoms with E-state index in [1.807, 2.05) is 33.3 Å². The number of unbranched alkanes of at least 4 members (excludes halogenated alkanes) is 17. The molecule has 0 rings (SSSR count). The number of carbonyl (C=O) groups is 1. The van der Waals surface area contributed by atoms with Gasteiger partial charge in [0.2, 0.25) is 0 Å². The van der Waals surface area contributed by atoms with Crippen LogP contribution in [0.5, 0.6) is 0 Å². The highest BCUT2D eigenvalue weighted by Crippen LogP contribution is 2.43. The Labute approximate surface area is 348 Å². The van der Waals surface area contributed by atoms with Crippen molar-refractivity contribution in [3.8, 4) is 0 Å². The number of aliphatic hydroxyl groups excluding tert-OH is 2. The third kappa shape index (κ3) is 41.9. The monoisotopic (exact) mass is 827 g/mol. The van der Waals surface area contributed by atoms with Crippen LogP contribution >= 0.6 is 7.82 Å². The third-order valence-electron chi connectivity index (χ3n) is 9.34. The number of likely N-dealkylation sites (N-methyl/N-ethyl adjacent to an activating group) is 1. The van der Waals surface area contributed by atoms with Crippen molar-refractivity contribution in [3.05, 3.63) is 60.9 Å². The van der Waals surface area contributed by atoms with Gasteiger partial charge < -0.3 is 29.1 Å². The third-order valence-corrected chi connectivity index (χ3v) is 10.3. The molecule has 0 heterocycles. The van der Waals surface area contributed by atoms with Crippen LogP contribution < -0.4 is 0 Å². The molecule has 0 aliphatic heterocycles. The highest BCUT2D eigenvalue weighted by atomic mass is 31.2. The van der Waals surface area contributed by atoms with Gasteiger partial charge in [-0.1, -0.05) is 159 Å². The molecule has 0 radical (unpaired) electrons. The van der Waals surface area contributed by atoms with Crippen molar-refractivity contribution in [3.63, 3.8) is 0 Å². The molecule has 0 aliphatic carbocycles. The molecule has 4 atom stereocenters. The normalized spacial score (nSPS) is 15.4. The number of allylic oxidation sites excluding steroid dienone is 6. The number of hydrogen-bond acceptors (Lipinski definition) is 8. The van der Waals surface area contributed by atoms with Crippen LogP contribution in [0.4, 0.5) is 0 Å². The topological polar surface area (TPSA) is 132 Å². The first-order chi connectivity index (χ1) is 27.4. The number of carbonyl (C=O) groups excluding carboxylic acids is 1. The molecular formula is C46H85NO9P+. The Kier molecular flexibility index (Phi) is 36.8. The van der Waals surface area contributed by atoms with E-state index in [0.29, 0.717) is 30.3 Å². The summed E-state index contributed by atoms with van der Waals surface area (Å²) in [4.78, 5) is 22.9. The quantitative estimate of drug-likeness (QED) is 0.0105. The van der Waals surface area contributed by atoms with E-state index in [1.54, 1.807) is 42.7 Å². The van der Waals surface area contributed by atoms with Crippen molar-refractivity contribution in [2.45, 2.75) is 180 Å². The fourth-order valence-electron chi connectivity index (χ4n) is 5.77. The fourth-order valence-corrected chi connectivity index (χ4v) is 6.51. The fraction of sp³-hybridized carbons (Fsp3) is 0.761. The number of phosphoric acid groups is 1. The van der Waals surface area contributed by atoms with Crippen molar-refractivity contribution >= 4 is 13.8 Å². The van der Waals surface area contributed by atoms with Crippen LogP contribution in [0.2, 0.25) is 0 Å². The maximum Gasteiger partial charge on any atom is 0.472 e. The number of aliphatic hydroxyl groups is 2. The number of ether oxygens (including phenoxy) is 2. The minimum absolute atomic E-state index is 0.0315. The van der Waals surface area contributed by atoms with Gasteiger partial charge in [-0.15, -0.1) is 0 Å². The molecule has 10 nitrogen and oxygen atoms in total. The Morgan fingerprint density at radius 2 is 1.18 bits per heavy atom. The Morgan fingerprint density at radius 3 is 1.77 bits per heavy atom. The maximum atomic E-state index is 12.7. The van der Waals surface area contributed by atoms with Gasteiger partial charge in [-0.3, -0.25) is 13.8 Å². The number of esters is 1. The first kappa shape index (κ1) is 55.0. The predicted octanol–water partition coefficient (Wildman–Crippen LogP) is 11.2. The van der Waals surface area contributed by atoms with Gasteiger partial charge in [-0.2, -0.15) is 0 Å². The molecule has 0 aromatic rings. The van der Waals surface area contributed by atoms with E-state index < -0.39 is 32.1 Å². The van der Waals surface area contributed by atoms with Crippen LogP contribution in [0.3, 0.4) is 0 Å². The molecule has 0 aromatic heterocycles. The summed E-state index contributed by atoms with van der Waals surface area (Å²) in [5, 5.41) is 20.4. The number of nitrogens with zero attached hydrogens (tertiary/aromatic N) is 1. The molecule has 0 aromatic carbocycles. The molecule has 332 valence electrons. The summed E-state index contributed by atoms with van der Waals surface area (Å²) in [6.45, 7) is 4.58. The summed E-state index contributed by atoms with van der Waals surface area (Å²) in [7, 11) is 1.48. The standard InChI is InChI=1S/C46H84NO9P/c1-6-8-10-12-14-15-16-17-18-19-20-21-22-23-27-31-39-53-41-45(42-55-57(51,52)54-40-38-47(3,4)5)56-46(50)37-32-36-44(49)35-30-26-25-29-34-43(48)33-28-24-13-11-9-7-2/h24-26,28-31,34-35,39,43-45,48-49H,6-23,27,32-33,36-38,40-42H2,1-5H3/p+1/b26-25+,28-24-,34-29+,35-30-,39-31+/t43-,44-,45+/m0/s1. The zero-order valence-electron chi connectivity index (χ0n) is 36.8. The summed E-state index contributed by atoms with van der Waals surface area (Å²) in [5.74, 6) is -0.520. The van der Waals surface area contributed by atoms with Gasteiger partial charge >= 0.3 is 13.8 Å². The van der Waals surface area contributed by atoms with E-state index in [0.717, 1.165) is 19.3 Å². The van der Waals surface area contributed by atoms with Crippen LogP contribution in [0.1, 0.15) is 162 Å². The van der Waals surface area contributed by atoms with Crippen LogP contribution in [0.25, 0.3) is 0 Å². The van der Waals surface area contributed by atoms with Crippen LogP contribution in [0, 0.1) is 0 Å². The van der Waals surface area contributed by atoms with E-state index in [4.69, 9.17) is 18.5 Å². The molecule has 0 amide bonds. The van der Waals surface area contributed by atoms with E-state index in [-0.39, 0.29) is 26.2 Å². The second-order valence-electron chi connectivity index (χ2n) is 16.2. The van der Waals surface area contributed by atoms with Crippen molar-refractivity contribution in [1.29, 1.82) is 0 Å². The van der Waals surface area contributed by atoms with Crippen LogP contribution in [0.15, 0.2) is 60.9 Å². The van der Waals surface area contributed by atoms with Crippen molar-refractivity contribution in [2.75, 3.05) is 47.5 Å². The van der Waals surface area contributed by atoms with Gasteiger partial charge in [-0.05, 0) is 51.0 Å². The number of quaternary nitrogens is 1. The molecule has 1 unspecified atom stereocenters. The second kappa shape index (κ2) is 38.2. The lowest BCUT2D eigenvalue weighted by Gasteiger charge is -2.24. The number of hydrogen-bond donors (Lipinski definition) is 3. The van der Waals surface area contributed by atoms with Gasteiger partial charge in [0.05, 0.1) is 46.2 Å². The first-order valence-corrected chi connectivity index (χ1v) is 23.8. The molecule has 11 heteroatoms. The molecule has 0 bridgehead atoms. The summed E-state index contributed by atoms with van der Waals surface area (Å²) in [6.07, 6.45) is 41.2. The Hall–Kier alpha value is -2.04. The molecule has 57 heavy (non-hydrogen) atoms. The minimum Gasteiger partial charge on any atom is -0.498 e. The predicted molar refractivity (Wildman–Crippen MR) is 236 cm³/mol. The Morgan fingerprint density at radius 1 is 0.649 bits per heavy atom. The first-order valence-electron chi connectivity index (χ1n) is 22.3. The van der Waals surface area contributed by atoms with Gasteiger partial charge in [0, 0.05) is 6.42 Å². The van der Waals surface area contributed by atoms with Crippen molar-refractivity contribution < 1.29 is 47.5 Å². The van der Waals surface area contributed by atoms with Gasteiger partial charge in [-0.25, -0.2) is 4.57 Å². The van der Waals surface area contributed by atoms with Crippen molar-refractivity contribution in [1.82, 2.24) is 0 Å². The molecule has 0 saturated carbocycles. The largest absolute Gasteiger partial charge is 0.498 e. The molecule has 0 saturated heterocycles. The summed E-state index contributed by atoms with van der Waals surface area (Å²) in [5.41, 5.74) is 0. The summed E-state index contributed by atoms with van der Waals surface area (Å²) < 4.78 is 34.5. The lowest BCUT2D eigenvalue weighted by Crippen LogP contribution is -2.37. The van der Waals surface area contributed by atoms with E-state index in [9.17, 15) is 24.5 Å². The van der Waals surface area contributed by atoms with Crippen LogP contribution in [-0.2, 0) is 27.9 Å². The SMILES string of the molecule is CCCCC/C=C\C[C@H](O)/C=C/C=C/C=C\[C@H](O)CCCC(=O)O[C@H](CO/C=C/CCCCCCCCCCCCCCCC)COP(=O)(O)OCC[N+](C)(C)C. The van der Waals surface area contributed by atoms with Gasteiger partial charge in [0.15, 0.2) is 6.10 Å². The number of phosphoric ester groups is 1. The Balaban J connectivity index is 4.56. The molecule has 0 aliphatic rings. The average Bonchev–Trinajstić information content (AvgIpc) is 3.15. The molecule has 3 N–H and O–H groups in total. The van der Waals surface area contributed by atoms with E-state index in [2.05, 4.69) is 19.9 Å². The summed E-state index contributed by atoms with van der Waals surface area (Å²) >= 11 is 0. The van der Waals surface area contributed by atoms with Gasteiger partial charge in [0.25, 0.3) is 0 Å². The lowest BCUT2D eigenvalue weighted by atomic mass is 10.0. The highest BCUT2D eigenvalue weighted by Gasteiger charge is 2.26. The van der Waals surface area contributed by atoms with Crippen molar-refractivity contribution in [2.24, 2.45) is 0 Å². The Bertz CT molecular complexity index is 1130. The molecule has 0 fully saturated rings. The zero-order valence-corrected chi connectivity index (χ0v) is 37.7. The van der Waals surface area contributed by atoms with Gasteiger partial charge in [0.1, 0.15) is 19.8 Å². The highest BCUT2D eigenvalue weighted by molar-refractivity contribution is 7.47. The molecule has 0 spiro atoms. The van der Waals surface area contributed by atoms with E-state index in [1.165, 1.54) is 103 Å². The molecular weight excluding hydrogens is 741 g/mol.